The lowest BCUT2D eigenvalue weighted by molar-refractivity contribution is -0.176. The molecule has 1 aromatic rings. The van der Waals surface area contributed by atoms with Gasteiger partial charge in [-0.3, -0.25) is 9.59 Å². The van der Waals surface area contributed by atoms with Crippen LogP contribution in [0.1, 0.15) is 52.5 Å². The topological polar surface area (TPSA) is 76.1 Å². The fourth-order valence-electron chi connectivity index (χ4n) is 6.75. The van der Waals surface area contributed by atoms with E-state index in [1.165, 1.54) is 6.92 Å². The lowest BCUT2D eigenvalue weighted by Crippen LogP contribution is -2.58. The summed E-state index contributed by atoms with van der Waals surface area (Å²) in [7, 11) is 1.65. The highest BCUT2D eigenvalue weighted by atomic mass is 16.6. The van der Waals surface area contributed by atoms with Gasteiger partial charge in [0, 0.05) is 44.0 Å². The number of rotatable bonds is 5. The van der Waals surface area contributed by atoms with Crippen molar-refractivity contribution < 1.29 is 24.2 Å². The largest absolute Gasteiger partial charge is 0.508 e. The Labute approximate surface area is 190 Å². The number of phenols is 1. The molecule has 3 aliphatic rings. The molecule has 4 atom stereocenters. The number of carbonyl (C=O) groups is 2. The van der Waals surface area contributed by atoms with Crippen molar-refractivity contribution in [2.45, 2.75) is 65.6 Å². The number of hydrogen-bond acceptors (Lipinski definition) is 5. The van der Waals surface area contributed by atoms with E-state index in [0.717, 1.165) is 36.0 Å². The number of amides is 1. The van der Waals surface area contributed by atoms with Crippen LogP contribution in [0.3, 0.4) is 0 Å². The minimum Gasteiger partial charge on any atom is -0.508 e. The van der Waals surface area contributed by atoms with Crippen LogP contribution in [-0.4, -0.2) is 54.3 Å². The van der Waals surface area contributed by atoms with E-state index >= 15 is 0 Å². The number of ether oxygens (including phenoxy) is 2. The van der Waals surface area contributed by atoms with Gasteiger partial charge >= 0.3 is 5.97 Å². The first-order valence-corrected chi connectivity index (χ1v) is 11.6. The van der Waals surface area contributed by atoms with Crippen molar-refractivity contribution in [1.29, 1.82) is 0 Å². The average Bonchev–Trinajstić information content (AvgIpc) is 3.04. The molecule has 0 spiro atoms. The molecule has 1 aromatic carbocycles. The molecule has 2 unspecified atom stereocenters. The summed E-state index contributed by atoms with van der Waals surface area (Å²) in [6.07, 6.45) is 2.88. The Morgan fingerprint density at radius 3 is 2.50 bits per heavy atom. The van der Waals surface area contributed by atoms with E-state index in [4.69, 9.17) is 9.47 Å². The minimum absolute atomic E-state index is 0.0114. The van der Waals surface area contributed by atoms with Gasteiger partial charge in [-0.25, -0.2) is 0 Å². The van der Waals surface area contributed by atoms with Gasteiger partial charge in [0.25, 0.3) is 5.91 Å². The van der Waals surface area contributed by atoms with Gasteiger partial charge in [0.15, 0.2) is 0 Å². The van der Waals surface area contributed by atoms with Gasteiger partial charge in [0.2, 0.25) is 0 Å². The van der Waals surface area contributed by atoms with Crippen molar-refractivity contribution in [3.8, 4) is 5.75 Å². The summed E-state index contributed by atoms with van der Waals surface area (Å²) in [5.41, 5.74) is 2.50. The first-order valence-electron chi connectivity index (χ1n) is 11.6. The number of phenolic OH excluding ortho intramolecular Hbond substituents is 1. The summed E-state index contributed by atoms with van der Waals surface area (Å²) in [5.74, 6) is 0.0319. The predicted octanol–water partition coefficient (Wildman–Crippen LogP) is 3.87. The number of esters is 1. The van der Waals surface area contributed by atoms with Crippen molar-refractivity contribution in [1.82, 2.24) is 4.90 Å². The molecule has 6 heteroatoms. The van der Waals surface area contributed by atoms with Crippen LogP contribution < -0.4 is 0 Å². The third-order valence-corrected chi connectivity index (χ3v) is 7.93. The second kappa shape index (κ2) is 8.22. The predicted molar refractivity (Wildman–Crippen MR) is 121 cm³/mol. The molecular weight excluding hydrogens is 406 g/mol. The minimum atomic E-state index is -0.410. The Kier molecular flexibility index (Phi) is 5.86. The van der Waals surface area contributed by atoms with Crippen LogP contribution in [-0.2, 0) is 25.5 Å². The Bertz CT molecular complexity index is 934. The quantitative estimate of drug-likeness (QED) is 0.702. The maximum atomic E-state index is 13.7. The smallest absolute Gasteiger partial charge is 0.303 e. The molecule has 1 N–H and O–H groups in total. The van der Waals surface area contributed by atoms with E-state index < -0.39 is 12.2 Å². The molecule has 32 heavy (non-hydrogen) atoms. The summed E-state index contributed by atoms with van der Waals surface area (Å²) in [4.78, 5) is 27.7. The summed E-state index contributed by atoms with van der Waals surface area (Å²) in [6, 6.07) is 7.12. The van der Waals surface area contributed by atoms with Crippen LogP contribution >= 0.6 is 0 Å². The van der Waals surface area contributed by atoms with E-state index in [0.29, 0.717) is 19.5 Å². The molecule has 174 valence electrons. The molecule has 1 fully saturated rings. The molecule has 0 aromatic heterocycles. The van der Waals surface area contributed by atoms with Gasteiger partial charge in [-0.05, 0) is 47.9 Å². The number of methoxy groups -OCH3 is 1. The summed E-state index contributed by atoms with van der Waals surface area (Å²) >= 11 is 0. The van der Waals surface area contributed by atoms with Gasteiger partial charge in [0.05, 0.1) is 0 Å². The monoisotopic (exact) mass is 441 g/mol. The second-order valence-corrected chi connectivity index (χ2v) is 10.5. The highest BCUT2D eigenvalue weighted by molar-refractivity contribution is 5.99. The standard InChI is InChI=1S/C26H35NO5/c1-16(28)32-22-21(31-5)19-15-27(14-11-17-7-9-18(29)10-8-17)24(30)20(19)26(4)13-6-12-25(2,3)23(22)26/h7-10,21-23,29H,6,11-15H2,1-5H3/t21-,22+,23?,26?/m1/s1. The Hall–Kier alpha value is -2.34. The zero-order valence-electron chi connectivity index (χ0n) is 19.8. The van der Waals surface area contributed by atoms with Crippen molar-refractivity contribution >= 4 is 11.9 Å². The molecule has 1 heterocycles. The van der Waals surface area contributed by atoms with Crippen molar-refractivity contribution in [3.63, 3.8) is 0 Å². The summed E-state index contributed by atoms with van der Waals surface area (Å²) in [5, 5.41) is 9.52. The van der Waals surface area contributed by atoms with E-state index in [-0.39, 0.29) is 34.4 Å². The molecule has 1 saturated carbocycles. The first-order chi connectivity index (χ1) is 15.1. The molecular formula is C26H35NO5. The van der Waals surface area contributed by atoms with Crippen LogP contribution in [0.25, 0.3) is 0 Å². The highest BCUT2D eigenvalue weighted by Gasteiger charge is 2.62. The molecule has 0 bridgehead atoms. The Morgan fingerprint density at radius 1 is 1.19 bits per heavy atom. The van der Waals surface area contributed by atoms with Crippen molar-refractivity contribution in [2.24, 2.45) is 16.7 Å². The van der Waals surface area contributed by atoms with Crippen LogP contribution in [0.4, 0.5) is 0 Å². The lowest BCUT2D eigenvalue weighted by Gasteiger charge is -2.57. The molecule has 2 aliphatic carbocycles. The molecule has 0 saturated heterocycles. The number of hydrogen-bond donors (Lipinski definition) is 1. The number of benzene rings is 1. The summed E-state index contributed by atoms with van der Waals surface area (Å²) in [6.45, 7) is 9.20. The average molecular weight is 442 g/mol. The normalized spacial score (nSPS) is 31.3. The zero-order chi connectivity index (χ0) is 23.3. The maximum Gasteiger partial charge on any atom is 0.303 e. The first kappa shape index (κ1) is 22.8. The van der Waals surface area contributed by atoms with E-state index in [1.807, 2.05) is 17.0 Å². The SMILES string of the molecule is CO[C@@H]1C2=C(C(=O)N(CCc3ccc(O)cc3)C2)C2(C)CCCC(C)(C)C2[C@H]1OC(C)=O. The van der Waals surface area contributed by atoms with Gasteiger partial charge in [-0.15, -0.1) is 0 Å². The molecule has 1 aliphatic heterocycles. The molecule has 0 radical (unpaired) electrons. The van der Waals surface area contributed by atoms with Gasteiger partial charge < -0.3 is 19.5 Å². The third kappa shape index (κ3) is 3.72. The van der Waals surface area contributed by atoms with Gasteiger partial charge in [-0.2, -0.15) is 0 Å². The highest BCUT2D eigenvalue weighted by Crippen LogP contribution is 2.61. The summed E-state index contributed by atoms with van der Waals surface area (Å²) < 4.78 is 11.9. The molecule has 6 nitrogen and oxygen atoms in total. The molecule has 4 rings (SSSR count). The second-order valence-electron chi connectivity index (χ2n) is 10.5. The number of carbonyl (C=O) groups excluding carboxylic acids is 2. The van der Waals surface area contributed by atoms with E-state index in [2.05, 4.69) is 20.8 Å². The van der Waals surface area contributed by atoms with Crippen LogP contribution in [0.2, 0.25) is 0 Å². The fourth-order valence-corrected chi connectivity index (χ4v) is 6.75. The Morgan fingerprint density at radius 2 is 1.88 bits per heavy atom. The van der Waals surface area contributed by atoms with Gasteiger partial charge in [-0.1, -0.05) is 39.3 Å². The van der Waals surface area contributed by atoms with Crippen LogP contribution in [0.15, 0.2) is 35.4 Å². The van der Waals surface area contributed by atoms with Crippen LogP contribution in [0.5, 0.6) is 5.75 Å². The lowest BCUT2D eigenvalue weighted by atomic mass is 9.49. The third-order valence-electron chi connectivity index (χ3n) is 7.93. The van der Waals surface area contributed by atoms with Gasteiger partial charge in [0.1, 0.15) is 18.0 Å². The zero-order valence-corrected chi connectivity index (χ0v) is 19.8. The van der Waals surface area contributed by atoms with E-state index in [1.54, 1.807) is 19.2 Å². The molecule has 1 amide bonds. The Balaban J connectivity index is 1.68. The number of fused-ring (bicyclic) bond motifs is 2. The number of aromatic hydroxyl groups is 1. The fraction of sp³-hybridized carbons (Fsp3) is 0.615. The van der Waals surface area contributed by atoms with Crippen molar-refractivity contribution in [2.75, 3.05) is 20.2 Å². The number of nitrogens with zero attached hydrogens (tertiary/aromatic N) is 1. The van der Waals surface area contributed by atoms with E-state index in [9.17, 15) is 14.7 Å². The van der Waals surface area contributed by atoms with Crippen LogP contribution in [0, 0.1) is 16.7 Å². The maximum absolute atomic E-state index is 13.7. The van der Waals surface area contributed by atoms with Crippen molar-refractivity contribution in [3.05, 3.63) is 41.0 Å².